The van der Waals surface area contributed by atoms with E-state index in [9.17, 15) is 8.42 Å². The van der Waals surface area contributed by atoms with Crippen molar-refractivity contribution in [3.63, 3.8) is 0 Å². The standard InChI is InChI=1S/C19H13NO3S/c20-14-16-10-4-6-12-18(16)23-24(21,22)19-13-7-5-11-17(19)15-8-2-1-3-9-15/h1-13H. The van der Waals surface area contributed by atoms with Gasteiger partial charge in [0.15, 0.2) is 5.75 Å². The maximum atomic E-state index is 12.7. The topological polar surface area (TPSA) is 67.2 Å². The first-order valence-corrected chi connectivity index (χ1v) is 8.61. The van der Waals surface area contributed by atoms with Crippen molar-refractivity contribution in [3.8, 4) is 22.9 Å². The fourth-order valence-corrected chi connectivity index (χ4v) is 3.51. The first-order valence-electron chi connectivity index (χ1n) is 7.20. The molecular weight excluding hydrogens is 322 g/mol. The van der Waals surface area contributed by atoms with Crippen LogP contribution in [0.3, 0.4) is 0 Å². The quantitative estimate of drug-likeness (QED) is 0.676. The van der Waals surface area contributed by atoms with E-state index in [4.69, 9.17) is 9.44 Å². The van der Waals surface area contributed by atoms with Gasteiger partial charge in [0.25, 0.3) is 0 Å². The van der Waals surface area contributed by atoms with Gasteiger partial charge in [-0.05, 0) is 23.8 Å². The SMILES string of the molecule is N#Cc1ccccc1OS(=O)(=O)c1ccccc1-c1ccccc1. The molecular formula is C19H13NO3S. The summed E-state index contributed by atoms with van der Waals surface area (Å²) in [5.74, 6) is 0.0165. The van der Waals surface area contributed by atoms with E-state index < -0.39 is 10.1 Å². The molecule has 24 heavy (non-hydrogen) atoms. The summed E-state index contributed by atoms with van der Waals surface area (Å²) in [6.45, 7) is 0. The van der Waals surface area contributed by atoms with Gasteiger partial charge in [0, 0.05) is 5.56 Å². The van der Waals surface area contributed by atoms with E-state index in [1.807, 2.05) is 36.4 Å². The Kier molecular flexibility index (Phi) is 4.32. The van der Waals surface area contributed by atoms with Crippen molar-refractivity contribution in [2.75, 3.05) is 0 Å². The Hall–Kier alpha value is -3.10. The minimum absolute atomic E-state index is 0.0165. The monoisotopic (exact) mass is 335 g/mol. The van der Waals surface area contributed by atoms with Crippen LogP contribution in [-0.2, 0) is 10.1 Å². The molecule has 4 nitrogen and oxygen atoms in total. The average Bonchev–Trinajstić information content (AvgIpc) is 2.62. The van der Waals surface area contributed by atoms with Crippen LogP contribution >= 0.6 is 0 Å². The predicted octanol–water partition coefficient (Wildman–Crippen LogP) is 3.99. The summed E-state index contributed by atoms with van der Waals surface area (Å²) in [5.41, 5.74) is 1.49. The van der Waals surface area contributed by atoms with Crippen molar-refractivity contribution < 1.29 is 12.6 Å². The molecule has 0 N–H and O–H groups in total. The smallest absolute Gasteiger partial charge is 0.339 e. The van der Waals surface area contributed by atoms with Crippen molar-refractivity contribution in [3.05, 3.63) is 84.4 Å². The van der Waals surface area contributed by atoms with Crippen LogP contribution in [0.15, 0.2) is 83.8 Å². The van der Waals surface area contributed by atoms with Gasteiger partial charge in [-0.15, -0.1) is 0 Å². The minimum Gasteiger partial charge on any atom is -0.378 e. The highest BCUT2D eigenvalue weighted by Gasteiger charge is 2.22. The van der Waals surface area contributed by atoms with E-state index in [2.05, 4.69) is 0 Å². The van der Waals surface area contributed by atoms with Crippen molar-refractivity contribution >= 4 is 10.1 Å². The third-order valence-corrected chi connectivity index (χ3v) is 4.74. The Balaban J connectivity index is 2.07. The van der Waals surface area contributed by atoms with Crippen LogP contribution in [0.4, 0.5) is 0 Å². The molecule has 0 heterocycles. The molecule has 0 aliphatic rings. The Morgan fingerprint density at radius 2 is 1.42 bits per heavy atom. The molecule has 0 fully saturated rings. The molecule has 0 saturated carbocycles. The second kappa shape index (κ2) is 6.57. The summed E-state index contributed by atoms with van der Waals surface area (Å²) in [5, 5.41) is 9.09. The number of hydrogen-bond acceptors (Lipinski definition) is 4. The largest absolute Gasteiger partial charge is 0.378 e. The summed E-state index contributed by atoms with van der Waals surface area (Å²) in [4.78, 5) is 0.0592. The second-order valence-corrected chi connectivity index (χ2v) is 6.52. The highest BCUT2D eigenvalue weighted by atomic mass is 32.2. The molecule has 3 aromatic rings. The van der Waals surface area contributed by atoms with Gasteiger partial charge in [0.2, 0.25) is 0 Å². The van der Waals surface area contributed by atoms with Gasteiger partial charge in [-0.3, -0.25) is 0 Å². The third-order valence-electron chi connectivity index (χ3n) is 3.45. The van der Waals surface area contributed by atoms with Gasteiger partial charge >= 0.3 is 10.1 Å². The van der Waals surface area contributed by atoms with E-state index in [-0.39, 0.29) is 16.2 Å². The van der Waals surface area contributed by atoms with Crippen LogP contribution in [0.5, 0.6) is 5.75 Å². The fourth-order valence-electron chi connectivity index (χ4n) is 2.34. The van der Waals surface area contributed by atoms with Crippen molar-refractivity contribution in [1.29, 1.82) is 5.26 Å². The number of para-hydroxylation sites is 1. The Morgan fingerprint density at radius 3 is 2.17 bits per heavy atom. The normalized spacial score (nSPS) is 10.8. The van der Waals surface area contributed by atoms with Crippen LogP contribution < -0.4 is 4.18 Å². The van der Waals surface area contributed by atoms with Crippen molar-refractivity contribution in [2.24, 2.45) is 0 Å². The summed E-state index contributed by atoms with van der Waals surface area (Å²) in [7, 11) is -4.08. The zero-order chi connectivity index (χ0) is 17.0. The third kappa shape index (κ3) is 3.14. The molecule has 118 valence electrons. The second-order valence-electron chi connectivity index (χ2n) is 5.01. The van der Waals surface area contributed by atoms with Crippen molar-refractivity contribution in [1.82, 2.24) is 0 Å². The molecule has 0 spiro atoms. The molecule has 0 aromatic heterocycles. The molecule has 0 unspecified atom stereocenters. The lowest BCUT2D eigenvalue weighted by atomic mass is 10.1. The van der Waals surface area contributed by atoms with Crippen LogP contribution in [0.2, 0.25) is 0 Å². The van der Waals surface area contributed by atoms with Gasteiger partial charge in [-0.25, -0.2) is 0 Å². The Bertz CT molecular complexity index is 1010. The van der Waals surface area contributed by atoms with E-state index in [0.717, 1.165) is 5.56 Å². The summed E-state index contributed by atoms with van der Waals surface area (Å²) in [6.07, 6.45) is 0. The lowest BCUT2D eigenvalue weighted by Gasteiger charge is -2.12. The van der Waals surface area contributed by atoms with Crippen LogP contribution in [0.1, 0.15) is 5.56 Å². The first-order chi connectivity index (χ1) is 11.6. The van der Waals surface area contributed by atoms with E-state index in [1.54, 1.807) is 30.3 Å². The molecule has 3 aromatic carbocycles. The van der Waals surface area contributed by atoms with Gasteiger partial charge in [0.05, 0.1) is 5.56 Å². The predicted molar refractivity (Wildman–Crippen MR) is 90.8 cm³/mol. The number of nitriles is 1. The van der Waals surface area contributed by atoms with Crippen LogP contribution in [-0.4, -0.2) is 8.42 Å². The maximum Gasteiger partial charge on any atom is 0.339 e. The maximum absolute atomic E-state index is 12.7. The fraction of sp³-hybridized carbons (Fsp3) is 0. The number of rotatable bonds is 4. The first kappa shape index (κ1) is 15.8. The highest BCUT2D eigenvalue weighted by molar-refractivity contribution is 7.87. The molecule has 0 aliphatic carbocycles. The average molecular weight is 335 g/mol. The van der Waals surface area contributed by atoms with Crippen molar-refractivity contribution in [2.45, 2.75) is 4.90 Å². The zero-order valence-corrected chi connectivity index (χ0v) is 13.4. The molecule has 0 bridgehead atoms. The van der Waals surface area contributed by atoms with Gasteiger partial charge in [0.1, 0.15) is 11.0 Å². The van der Waals surface area contributed by atoms with Gasteiger partial charge in [-0.1, -0.05) is 60.7 Å². The molecule has 0 saturated heterocycles. The van der Waals surface area contributed by atoms with E-state index in [0.29, 0.717) is 5.56 Å². The Labute approximate surface area is 140 Å². The zero-order valence-electron chi connectivity index (χ0n) is 12.6. The van der Waals surface area contributed by atoms with E-state index in [1.165, 1.54) is 18.2 Å². The van der Waals surface area contributed by atoms with Crippen LogP contribution in [0, 0.1) is 11.3 Å². The lowest BCUT2D eigenvalue weighted by molar-refractivity contribution is 0.485. The molecule has 0 aliphatic heterocycles. The van der Waals surface area contributed by atoms with Crippen LogP contribution in [0.25, 0.3) is 11.1 Å². The minimum atomic E-state index is -4.08. The number of hydrogen-bond donors (Lipinski definition) is 0. The van der Waals surface area contributed by atoms with E-state index >= 15 is 0 Å². The molecule has 5 heteroatoms. The molecule has 3 rings (SSSR count). The summed E-state index contributed by atoms with van der Waals surface area (Å²) < 4.78 is 30.7. The Morgan fingerprint density at radius 1 is 0.792 bits per heavy atom. The van der Waals surface area contributed by atoms with Gasteiger partial charge in [-0.2, -0.15) is 13.7 Å². The summed E-state index contributed by atoms with van der Waals surface area (Å²) in [6, 6.07) is 24.0. The summed E-state index contributed by atoms with van der Waals surface area (Å²) >= 11 is 0. The number of nitrogens with zero attached hydrogens (tertiary/aromatic N) is 1. The highest BCUT2D eigenvalue weighted by Crippen LogP contribution is 2.30. The number of benzene rings is 3. The molecule has 0 atom stereocenters. The lowest BCUT2D eigenvalue weighted by Crippen LogP contribution is -2.11. The van der Waals surface area contributed by atoms with Gasteiger partial charge < -0.3 is 4.18 Å². The molecule has 0 radical (unpaired) electrons. The molecule has 0 amide bonds.